The SMILES string of the molecule is CC(O)(CS(=O)(=O)[O-])c1ccccc1.[Na+]. The van der Waals surface area contributed by atoms with E-state index in [2.05, 4.69) is 0 Å². The van der Waals surface area contributed by atoms with Crippen molar-refractivity contribution in [3.8, 4) is 0 Å². The van der Waals surface area contributed by atoms with Crippen molar-refractivity contribution in [3.63, 3.8) is 0 Å². The molecule has 78 valence electrons. The van der Waals surface area contributed by atoms with Crippen molar-refractivity contribution in [1.82, 2.24) is 0 Å². The van der Waals surface area contributed by atoms with Crippen molar-refractivity contribution in [2.24, 2.45) is 0 Å². The van der Waals surface area contributed by atoms with Gasteiger partial charge in [0.1, 0.15) is 0 Å². The molecule has 4 nitrogen and oxygen atoms in total. The Labute approximate surface area is 111 Å². The predicted molar refractivity (Wildman–Crippen MR) is 50.6 cm³/mol. The smallest absolute Gasteiger partial charge is 0.748 e. The average molecular weight is 238 g/mol. The first-order valence-corrected chi connectivity index (χ1v) is 5.60. The van der Waals surface area contributed by atoms with Gasteiger partial charge in [-0.25, -0.2) is 8.42 Å². The fourth-order valence-corrected chi connectivity index (χ4v) is 2.08. The summed E-state index contributed by atoms with van der Waals surface area (Å²) in [5, 5.41) is 9.74. The first-order chi connectivity index (χ1) is 6.31. The van der Waals surface area contributed by atoms with Crippen molar-refractivity contribution >= 4 is 10.1 Å². The van der Waals surface area contributed by atoms with Crippen LogP contribution in [-0.4, -0.2) is 23.8 Å². The number of hydrogen-bond donors (Lipinski definition) is 1. The zero-order valence-corrected chi connectivity index (χ0v) is 11.5. The molecule has 15 heavy (non-hydrogen) atoms. The molecule has 1 atom stereocenters. The van der Waals surface area contributed by atoms with Crippen LogP contribution in [0.1, 0.15) is 12.5 Å². The summed E-state index contributed by atoms with van der Waals surface area (Å²) < 4.78 is 31.5. The van der Waals surface area contributed by atoms with Crippen LogP contribution in [0, 0.1) is 0 Å². The van der Waals surface area contributed by atoms with Crippen LogP contribution in [-0.2, 0) is 15.7 Å². The maximum atomic E-state index is 10.5. The molecule has 0 heterocycles. The molecule has 0 bridgehead atoms. The van der Waals surface area contributed by atoms with Crippen LogP contribution in [0.15, 0.2) is 30.3 Å². The number of rotatable bonds is 3. The Morgan fingerprint density at radius 2 is 1.80 bits per heavy atom. The van der Waals surface area contributed by atoms with E-state index in [1.165, 1.54) is 6.92 Å². The molecule has 1 aromatic carbocycles. The van der Waals surface area contributed by atoms with Crippen LogP contribution >= 0.6 is 0 Å². The molecule has 0 saturated heterocycles. The quantitative estimate of drug-likeness (QED) is 0.464. The summed E-state index contributed by atoms with van der Waals surface area (Å²) in [5.41, 5.74) is -1.21. The van der Waals surface area contributed by atoms with E-state index in [1.54, 1.807) is 30.3 Å². The molecule has 0 spiro atoms. The van der Waals surface area contributed by atoms with E-state index in [9.17, 15) is 18.1 Å². The molecule has 0 aliphatic carbocycles. The van der Waals surface area contributed by atoms with Gasteiger partial charge < -0.3 is 9.66 Å². The van der Waals surface area contributed by atoms with Gasteiger partial charge in [0.15, 0.2) is 0 Å². The Hall–Kier alpha value is 0.0900. The van der Waals surface area contributed by atoms with Gasteiger partial charge in [-0.3, -0.25) is 0 Å². The number of hydrogen-bond acceptors (Lipinski definition) is 4. The second-order valence-corrected chi connectivity index (χ2v) is 4.75. The van der Waals surface area contributed by atoms with Gasteiger partial charge in [-0.1, -0.05) is 30.3 Å². The standard InChI is InChI=1S/C9H12O4S.Na/c1-9(10,7-14(11,12)13)8-5-3-2-4-6-8;/h2-6,10H,7H2,1H3,(H,11,12,13);/q;+1/p-1. The van der Waals surface area contributed by atoms with Gasteiger partial charge in [-0.2, -0.15) is 0 Å². The summed E-state index contributed by atoms with van der Waals surface area (Å²) in [6.45, 7) is 1.30. The van der Waals surface area contributed by atoms with Crippen LogP contribution in [0.5, 0.6) is 0 Å². The minimum Gasteiger partial charge on any atom is -0.748 e. The Balaban J connectivity index is 0.00000196. The molecule has 0 fully saturated rings. The van der Waals surface area contributed by atoms with Crippen LogP contribution < -0.4 is 29.6 Å². The van der Waals surface area contributed by atoms with Gasteiger partial charge >= 0.3 is 29.6 Å². The van der Waals surface area contributed by atoms with E-state index in [-0.39, 0.29) is 29.6 Å². The van der Waals surface area contributed by atoms with Crippen LogP contribution in [0.4, 0.5) is 0 Å². The van der Waals surface area contributed by atoms with Crippen LogP contribution in [0.2, 0.25) is 0 Å². The van der Waals surface area contributed by atoms with E-state index < -0.39 is 21.5 Å². The molecule has 1 N–H and O–H groups in total. The topological polar surface area (TPSA) is 77.4 Å². The number of aliphatic hydroxyl groups is 1. The van der Waals surface area contributed by atoms with Crippen molar-refractivity contribution in [1.29, 1.82) is 0 Å². The van der Waals surface area contributed by atoms with Crippen molar-refractivity contribution in [2.75, 3.05) is 5.75 Å². The first-order valence-electron chi connectivity index (χ1n) is 4.03. The molecule has 0 aliphatic rings. The third-order valence-corrected chi connectivity index (χ3v) is 2.77. The summed E-state index contributed by atoms with van der Waals surface area (Å²) in [6.07, 6.45) is 0. The average Bonchev–Trinajstić information content (AvgIpc) is 2.01. The zero-order valence-electron chi connectivity index (χ0n) is 8.67. The van der Waals surface area contributed by atoms with Crippen molar-refractivity contribution in [3.05, 3.63) is 35.9 Å². The second kappa shape index (κ2) is 5.43. The summed E-state index contributed by atoms with van der Waals surface area (Å²) >= 11 is 0. The third kappa shape index (κ3) is 5.10. The van der Waals surface area contributed by atoms with Crippen LogP contribution in [0.25, 0.3) is 0 Å². The second-order valence-electron chi connectivity index (χ2n) is 3.34. The van der Waals surface area contributed by atoms with Gasteiger partial charge in [0.2, 0.25) is 0 Å². The maximum absolute atomic E-state index is 10.5. The molecule has 1 unspecified atom stereocenters. The van der Waals surface area contributed by atoms with Gasteiger partial charge in [-0.05, 0) is 12.5 Å². The fraction of sp³-hybridized carbons (Fsp3) is 0.333. The fourth-order valence-electron chi connectivity index (χ4n) is 1.22. The van der Waals surface area contributed by atoms with Gasteiger partial charge in [0.25, 0.3) is 0 Å². The van der Waals surface area contributed by atoms with E-state index in [0.717, 1.165) is 0 Å². The van der Waals surface area contributed by atoms with Crippen molar-refractivity contribution < 1.29 is 47.6 Å². The molecule has 1 rings (SSSR count). The van der Waals surface area contributed by atoms with E-state index in [1.807, 2.05) is 0 Å². The Bertz CT molecular complexity index is 399. The normalized spacial score (nSPS) is 15.1. The third-order valence-electron chi connectivity index (χ3n) is 1.85. The first kappa shape index (κ1) is 15.1. The molecule has 0 amide bonds. The molecular formula is C9H11NaO4S. The molecule has 0 aliphatic heterocycles. The monoisotopic (exact) mass is 238 g/mol. The van der Waals surface area contributed by atoms with E-state index in [0.29, 0.717) is 5.56 Å². The molecule has 0 aromatic heterocycles. The number of benzene rings is 1. The van der Waals surface area contributed by atoms with E-state index >= 15 is 0 Å². The summed E-state index contributed by atoms with van der Waals surface area (Å²) in [6, 6.07) is 8.23. The van der Waals surface area contributed by atoms with Gasteiger partial charge in [0, 0.05) is 0 Å². The maximum Gasteiger partial charge on any atom is 1.00 e. The Morgan fingerprint density at radius 3 is 2.20 bits per heavy atom. The molecule has 0 saturated carbocycles. The van der Waals surface area contributed by atoms with Crippen LogP contribution in [0.3, 0.4) is 0 Å². The summed E-state index contributed by atoms with van der Waals surface area (Å²) in [5.74, 6) is -0.815. The molecule has 1 aromatic rings. The molecule has 0 radical (unpaired) electrons. The largest absolute Gasteiger partial charge is 1.00 e. The Morgan fingerprint density at radius 1 is 1.33 bits per heavy atom. The van der Waals surface area contributed by atoms with Gasteiger partial charge in [-0.15, -0.1) is 0 Å². The zero-order chi connectivity index (χ0) is 10.8. The minimum absolute atomic E-state index is 0. The summed E-state index contributed by atoms with van der Waals surface area (Å²) in [4.78, 5) is 0. The Kier molecular flexibility index (Phi) is 5.46. The molecular weight excluding hydrogens is 227 g/mol. The molecule has 6 heteroatoms. The van der Waals surface area contributed by atoms with Gasteiger partial charge in [0.05, 0.1) is 21.5 Å². The summed E-state index contributed by atoms with van der Waals surface area (Å²) in [7, 11) is -4.43. The predicted octanol–water partition coefficient (Wildman–Crippen LogP) is -2.56. The van der Waals surface area contributed by atoms with Crippen molar-refractivity contribution in [2.45, 2.75) is 12.5 Å². The van der Waals surface area contributed by atoms with E-state index in [4.69, 9.17) is 0 Å². The minimum atomic E-state index is -4.43.